The molecule has 0 saturated heterocycles. The molecule has 0 fully saturated rings. The van der Waals surface area contributed by atoms with E-state index in [1.165, 1.54) is 34.8 Å². The van der Waals surface area contributed by atoms with Crippen molar-refractivity contribution in [2.45, 2.75) is 32.3 Å². The van der Waals surface area contributed by atoms with Crippen molar-refractivity contribution in [2.75, 3.05) is 20.0 Å². The number of carbonyl (C=O) groups is 1. The fourth-order valence-corrected chi connectivity index (χ4v) is 6.35. The first-order valence-electron chi connectivity index (χ1n) is 12.4. The van der Waals surface area contributed by atoms with Crippen LogP contribution in [0.5, 0.6) is 0 Å². The van der Waals surface area contributed by atoms with Crippen LogP contribution in [0.15, 0.2) is 58.5 Å². The van der Waals surface area contributed by atoms with Gasteiger partial charge in [-0.3, -0.25) is 4.57 Å². The van der Waals surface area contributed by atoms with Gasteiger partial charge in [-0.2, -0.15) is 4.68 Å². The standard InChI is InChI=1S/C28H29N5O4S2/c1-6-38-27-29-22-17(2)39-24(26(34)37-5)23(22)32(27)15-18-11-13-19(14-12-18)20-9-7-8-10-21(20)25-30-33(16-36-4)28(35)31(25)3/h7-14H,6,15-16H2,1-5H3. The van der Waals surface area contributed by atoms with Crippen molar-refractivity contribution >= 4 is 40.1 Å². The van der Waals surface area contributed by atoms with E-state index in [2.05, 4.69) is 40.9 Å². The summed E-state index contributed by atoms with van der Waals surface area (Å²) < 4.78 is 15.1. The lowest BCUT2D eigenvalue weighted by Crippen LogP contribution is -2.23. The molecular formula is C28H29N5O4S2. The number of nitrogens with zero attached hydrogens (tertiary/aromatic N) is 5. The van der Waals surface area contributed by atoms with Crippen molar-refractivity contribution in [1.29, 1.82) is 0 Å². The van der Waals surface area contributed by atoms with Gasteiger partial charge in [0.05, 0.1) is 19.2 Å². The summed E-state index contributed by atoms with van der Waals surface area (Å²) in [7, 11) is 4.65. The number of esters is 1. The van der Waals surface area contributed by atoms with Crippen LogP contribution in [0.25, 0.3) is 33.5 Å². The molecule has 39 heavy (non-hydrogen) atoms. The Morgan fingerprint density at radius 3 is 2.46 bits per heavy atom. The Morgan fingerprint density at radius 2 is 1.79 bits per heavy atom. The van der Waals surface area contributed by atoms with E-state index in [1.807, 2.05) is 31.2 Å². The average molecular weight is 564 g/mol. The summed E-state index contributed by atoms with van der Waals surface area (Å²) in [6, 6.07) is 16.2. The summed E-state index contributed by atoms with van der Waals surface area (Å²) in [6.07, 6.45) is 0. The van der Waals surface area contributed by atoms with Crippen LogP contribution in [-0.4, -0.2) is 49.8 Å². The number of imidazole rings is 1. The highest BCUT2D eigenvalue weighted by molar-refractivity contribution is 7.99. The number of hydrogen-bond acceptors (Lipinski definition) is 8. The van der Waals surface area contributed by atoms with Crippen molar-refractivity contribution < 1.29 is 14.3 Å². The van der Waals surface area contributed by atoms with Crippen molar-refractivity contribution in [3.8, 4) is 22.5 Å². The molecule has 5 aromatic rings. The number of methoxy groups -OCH3 is 2. The normalized spacial score (nSPS) is 11.4. The maximum absolute atomic E-state index is 12.6. The number of fused-ring (bicyclic) bond motifs is 1. The van der Waals surface area contributed by atoms with Crippen LogP contribution in [-0.2, 0) is 29.8 Å². The fraction of sp³-hybridized carbons (Fsp3) is 0.286. The zero-order chi connectivity index (χ0) is 27.7. The lowest BCUT2D eigenvalue weighted by molar-refractivity contribution is 0.0608. The largest absolute Gasteiger partial charge is 0.465 e. The van der Waals surface area contributed by atoms with Gasteiger partial charge in [0.2, 0.25) is 0 Å². The number of ether oxygens (including phenoxy) is 2. The average Bonchev–Trinajstić information content (AvgIpc) is 3.56. The highest BCUT2D eigenvalue weighted by Crippen LogP contribution is 2.36. The second-order valence-corrected chi connectivity index (χ2v) is 11.4. The Bertz CT molecular complexity index is 1710. The van der Waals surface area contributed by atoms with Crippen LogP contribution >= 0.6 is 23.1 Å². The number of benzene rings is 2. The first-order valence-corrected chi connectivity index (χ1v) is 14.2. The van der Waals surface area contributed by atoms with Crippen LogP contribution in [0.1, 0.15) is 27.0 Å². The fourth-order valence-electron chi connectivity index (χ4n) is 4.61. The lowest BCUT2D eigenvalue weighted by atomic mass is 9.98. The molecule has 0 aliphatic carbocycles. The molecule has 0 aliphatic heterocycles. The first kappa shape index (κ1) is 26.9. The summed E-state index contributed by atoms with van der Waals surface area (Å²) in [5.41, 5.74) is 5.33. The Morgan fingerprint density at radius 1 is 1.08 bits per heavy atom. The topological polar surface area (TPSA) is 93.2 Å². The molecule has 3 heterocycles. The van der Waals surface area contributed by atoms with E-state index in [9.17, 15) is 9.59 Å². The summed E-state index contributed by atoms with van der Waals surface area (Å²) in [6.45, 7) is 4.73. The molecule has 0 unspecified atom stereocenters. The molecule has 3 aromatic heterocycles. The van der Waals surface area contributed by atoms with E-state index in [1.54, 1.807) is 18.8 Å². The first-order chi connectivity index (χ1) is 18.9. The third-order valence-corrected chi connectivity index (χ3v) is 8.37. The van der Waals surface area contributed by atoms with E-state index >= 15 is 0 Å². The van der Waals surface area contributed by atoms with Gasteiger partial charge in [0, 0.05) is 24.6 Å². The zero-order valence-corrected chi connectivity index (χ0v) is 24.1. The summed E-state index contributed by atoms with van der Waals surface area (Å²) >= 11 is 3.07. The van der Waals surface area contributed by atoms with Gasteiger partial charge >= 0.3 is 11.7 Å². The van der Waals surface area contributed by atoms with Crippen molar-refractivity contribution in [3.63, 3.8) is 0 Å². The molecule has 0 amide bonds. The van der Waals surface area contributed by atoms with Gasteiger partial charge < -0.3 is 14.0 Å². The molecule has 0 N–H and O–H groups in total. The van der Waals surface area contributed by atoms with E-state index in [4.69, 9.17) is 14.5 Å². The van der Waals surface area contributed by atoms with Gasteiger partial charge in [0.25, 0.3) is 0 Å². The quantitative estimate of drug-likeness (QED) is 0.180. The van der Waals surface area contributed by atoms with E-state index in [-0.39, 0.29) is 18.4 Å². The van der Waals surface area contributed by atoms with Gasteiger partial charge in [-0.1, -0.05) is 67.2 Å². The maximum atomic E-state index is 12.6. The van der Waals surface area contributed by atoms with Gasteiger partial charge in [-0.25, -0.2) is 14.6 Å². The van der Waals surface area contributed by atoms with Gasteiger partial charge in [-0.15, -0.1) is 16.4 Å². The molecule has 0 saturated carbocycles. The minimum atomic E-state index is -0.346. The predicted octanol–water partition coefficient (Wildman–Crippen LogP) is 5.19. The molecule has 0 bridgehead atoms. The monoisotopic (exact) mass is 563 g/mol. The second kappa shape index (κ2) is 11.2. The molecule has 0 radical (unpaired) electrons. The van der Waals surface area contributed by atoms with Crippen LogP contribution in [0.4, 0.5) is 0 Å². The van der Waals surface area contributed by atoms with Crippen LogP contribution in [0.3, 0.4) is 0 Å². The minimum absolute atomic E-state index is 0.0880. The Kier molecular flexibility index (Phi) is 7.74. The summed E-state index contributed by atoms with van der Waals surface area (Å²) in [5.74, 6) is 1.09. The molecular weight excluding hydrogens is 534 g/mol. The zero-order valence-electron chi connectivity index (χ0n) is 22.4. The highest BCUT2D eigenvalue weighted by Gasteiger charge is 2.24. The van der Waals surface area contributed by atoms with Crippen molar-refractivity contribution in [1.82, 2.24) is 23.9 Å². The summed E-state index contributed by atoms with van der Waals surface area (Å²) in [4.78, 5) is 31.6. The molecule has 2 aromatic carbocycles. The number of aryl methyl sites for hydroxylation is 1. The maximum Gasteiger partial charge on any atom is 0.350 e. The molecule has 0 aliphatic rings. The highest BCUT2D eigenvalue weighted by atomic mass is 32.2. The van der Waals surface area contributed by atoms with Crippen molar-refractivity contribution in [3.05, 3.63) is 74.3 Å². The number of hydrogen-bond donors (Lipinski definition) is 0. The molecule has 0 spiro atoms. The SMILES string of the molecule is CCSc1nc2c(C)sc(C(=O)OC)c2n1Cc1ccc(-c2ccccc2-c2nn(COC)c(=O)n2C)cc1. The van der Waals surface area contributed by atoms with Crippen molar-refractivity contribution in [2.24, 2.45) is 7.05 Å². The summed E-state index contributed by atoms with van der Waals surface area (Å²) in [5, 5.41) is 5.38. The molecule has 5 rings (SSSR count). The second-order valence-electron chi connectivity index (χ2n) is 8.91. The van der Waals surface area contributed by atoms with Crippen LogP contribution in [0.2, 0.25) is 0 Å². The molecule has 0 atom stereocenters. The van der Waals surface area contributed by atoms with Gasteiger partial charge in [-0.05, 0) is 29.4 Å². The molecule has 9 nitrogen and oxygen atoms in total. The van der Waals surface area contributed by atoms with E-state index in [0.717, 1.165) is 49.1 Å². The van der Waals surface area contributed by atoms with Gasteiger partial charge in [0.1, 0.15) is 17.1 Å². The number of aromatic nitrogens is 5. The lowest BCUT2D eigenvalue weighted by Gasteiger charge is -2.12. The number of rotatable bonds is 9. The Hall–Kier alpha value is -3.67. The predicted molar refractivity (Wildman–Crippen MR) is 155 cm³/mol. The molecule has 11 heteroatoms. The van der Waals surface area contributed by atoms with Crippen LogP contribution < -0.4 is 5.69 Å². The van der Waals surface area contributed by atoms with Crippen LogP contribution in [0, 0.1) is 6.92 Å². The molecule has 202 valence electrons. The van der Waals surface area contributed by atoms with E-state index in [0.29, 0.717) is 17.2 Å². The van der Waals surface area contributed by atoms with Gasteiger partial charge in [0.15, 0.2) is 11.0 Å². The number of thiophene rings is 1. The smallest absolute Gasteiger partial charge is 0.350 e. The Balaban J connectivity index is 1.52. The van der Waals surface area contributed by atoms with E-state index < -0.39 is 0 Å². The Labute approximate surface area is 234 Å². The third-order valence-electron chi connectivity index (χ3n) is 6.45. The number of thioether (sulfide) groups is 1. The third kappa shape index (κ3) is 4.93. The minimum Gasteiger partial charge on any atom is -0.465 e. The number of carbonyl (C=O) groups excluding carboxylic acids is 1.